The van der Waals surface area contributed by atoms with E-state index in [0.29, 0.717) is 29.2 Å². The molecule has 1 amide bonds. The number of carbonyl (C=O) groups excluding carboxylic acids is 3. The van der Waals surface area contributed by atoms with Crippen molar-refractivity contribution in [3.05, 3.63) is 59.7 Å². The summed E-state index contributed by atoms with van der Waals surface area (Å²) in [5.74, 6) is -0.827. The summed E-state index contributed by atoms with van der Waals surface area (Å²) in [7, 11) is 0. The Morgan fingerprint density at radius 3 is 2.65 bits per heavy atom. The van der Waals surface area contributed by atoms with Crippen LogP contribution in [0.5, 0.6) is 0 Å². The van der Waals surface area contributed by atoms with Crippen molar-refractivity contribution in [2.45, 2.75) is 23.5 Å². The lowest BCUT2D eigenvalue weighted by Crippen LogP contribution is -2.35. The van der Waals surface area contributed by atoms with Crippen molar-refractivity contribution in [1.82, 2.24) is 0 Å². The van der Waals surface area contributed by atoms with Crippen LogP contribution in [0.1, 0.15) is 34.1 Å². The topological polar surface area (TPSA) is 63.7 Å². The average Bonchev–Trinajstić information content (AvgIpc) is 2.84. The Hall–Kier alpha value is -2.60. The molecule has 1 aliphatic heterocycles. The molecule has 3 rings (SSSR count). The Morgan fingerprint density at radius 2 is 1.92 bits per heavy atom. The lowest BCUT2D eigenvalue weighted by Gasteiger charge is -2.22. The molecule has 134 valence electrons. The van der Waals surface area contributed by atoms with Crippen LogP contribution in [0.15, 0.2) is 53.4 Å². The lowest BCUT2D eigenvalue weighted by atomic mass is 10.1. The van der Waals surface area contributed by atoms with Crippen molar-refractivity contribution < 1.29 is 19.1 Å². The highest BCUT2D eigenvalue weighted by molar-refractivity contribution is 8.00. The first-order valence-corrected chi connectivity index (χ1v) is 9.25. The van der Waals surface area contributed by atoms with Gasteiger partial charge >= 0.3 is 5.97 Å². The Morgan fingerprint density at radius 1 is 1.19 bits per heavy atom. The highest BCUT2D eigenvalue weighted by Gasteiger charge is 2.24. The standard InChI is InChI=1S/C20H19NO4S/c1-14-10-11-21(17-4-2-3-5-18(17)26-14)19(23)13-25-20(24)16-8-6-15(12-22)7-9-16/h2-9,12,14H,10-11,13H2,1H3/t14-/m0/s1. The lowest BCUT2D eigenvalue weighted by molar-refractivity contribution is -0.121. The molecule has 0 radical (unpaired) electrons. The second-order valence-corrected chi connectivity index (χ2v) is 7.53. The normalized spacial score (nSPS) is 16.3. The number of benzene rings is 2. The predicted molar refractivity (Wildman–Crippen MR) is 101 cm³/mol. The molecule has 1 heterocycles. The maximum atomic E-state index is 12.6. The summed E-state index contributed by atoms with van der Waals surface area (Å²) >= 11 is 1.75. The summed E-state index contributed by atoms with van der Waals surface area (Å²) in [6, 6.07) is 13.9. The van der Waals surface area contributed by atoms with Gasteiger partial charge in [-0.1, -0.05) is 31.2 Å². The monoisotopic (exact) mass is 369 g/mol. The van der Waals surface area contributed by atoms with Gasteiger partial charge in [0.1, 0.15) is 6.29 Å². The van der Waals surface area contributed by atoms with Crippen molar-refractivity contribution in [3.8, 4) is 0 Å². The van der Waals surface area contributed by atoms with Crippen molar-refractivity contribution in [1.29, 1.82) is 0 Å². The number of nitrogens with zero attached hydrogens (tertiary/aromatic N) is 1. The van der Waals surface area contributed by atoms with Crippen LogP contribution in [0.2, 0.25) is 0 Å². The number of para-hydroxylation sites is 1. The van der Waals surface area contributed by atoms with Crippen molar-refractivity contribution in [2.24, 2.45) is 0 Å². The third kappa shape index (κ3) is 4.14. The molecule has 0 aromatic heterocycles. The quantitative estimate of drug-likeness (QED) is 0.609. The van der Waals surface area contributed by atoms with Crippen LogP contribution in [0, 0.1) is 0 Å². The summed E-state index contributed by atoms with van der Waals surface area (Å²) in [4.78, 5) is 38.2. The number of ether oxygens (including phenoxy) is 1. The second kappa shape index (κ2) is 8.19. The molecule has 1 atom stereocenters. The van der Waals surface area contributed by atoms with E-state index in [1.54, 1.807) is 16.7 Å². The van der Waals surface area contributed by atoms with E-state index in [0.717, 1.165) is 17.0 Å². The van der Waals surface area contributed by atoms with E-state index in [2.05, 4.69) is 6.92 Å². The molecule has 0 bridgehead atoms. The first-order chi connectivity index (χ1) is 12.6. The number of anilines is 1. The molecule has 2 aromatic carbocycles. The van der Waals surface area contributed by atoms with Crippen molar-refractivity contribution in [3.63, 3.8) is 0 Å². The van der Waals surface area contributed by atoms with E-state index in [-0.39, 0.29) is 12.5 Å². The van der Waals surface area contributed by atoms with Crippen molar-refractivity contribution >= 4 is 35.6 Å². The van der Waals surface area contributed by atoms with Gasteiger partial charge in [0.25, 0.3) is 5.91 Å². The molecule has 2 aromatic rings. The fraction of sp³-hybridized carbons (Fsp3) is 0.250. The predicted octanol–water partition coefficient (Wildman–Crippen LogP) is 3.57. The minimum atomic E-state index is -0.582. The number of esters is 1. The van der Waals surface area contributed by atoms with Gasteiger partial charge in [0.2, 0.25) is 0 Å². The van der Waals surface area contributed by atoms with Crippen LogP contribution in [0.4, 0.5) is 5.69 Å². The van der Waals surface area contributed by atoms with E-state index in [9.17, 15) is 14.4 Å². The summed E-state index contributed by atoms with van der Waals surface area (Å²) in [6.07, 6.45) is 1.57. The summed E-state index contributed by atoms with van der Waals surface area (Å²) in [5.41, 5.74) is 1.65. The zero-order chi connectivity index (χ0) is 18.5. The van der Waals surface area contributed by atoms with Gasteiger partial charge in [-0.25, -0.2) is 4.79 Å². The van der Waals surface area contributed by atoms with Crippen LogP contribution < -0.4 is 4.90 Å². The molecule has 0 fully saturated rings. The third-order valence-corrected chi connectivity index (χ3v) is 5.39. The summed E-state index contributed by atoms with van der Waals surface area (Å²) < 4.78 is 5.17. The average molecular weight is 369 g/mol. The molecule has 0 spiro atoms. The fourth-order valence-electron chi connectivity index (χ4n) is 2.73. The number of fused-ring (bicyclic) bond motifs is 1. The number of rotatable bonds is 4. The van der Waals surface area contributed by atoms with Crippen LogP contribution >= 0.6 is 11.8 Å². The van der Waals surface area contributed by atoms with E-state index in [4.69, 9.17) is 4.74 Å². The third-order valence-electron chi connectivity index (χ3n) is 4.15. The largest absolute Gasteiger partial charge is 0.452 e. The maximum Gasteiger partial charge on any atom is 0.338 e. The SMILES string of the molecule is C[C@H]1CCN(C(=O)COC(=O)c2ccc(C=O)cc2)c2ccccc2S1. The molecular weight excluding hydrogens is 350 g/mol. The molecular formula is C20H19NO4S. The van der Waals surface area contributed by atoms with Crippen molar-refractivity contribution in [2.75, 3.05) is 18.1 Å². The highest BCUT2D eigenvalue weighted by atomic mass is 32.2. The summed E-state index contributed by atoms with van der Waals surface area (Å²) in [5, 5.41) is 0.410. The van der Waals surface area contributed by atoms with Crippen LogP contribution in [0.3, 0.4) is 0 Å². The Balaban J connectivity index is 1.67. The molecule has 5 nitrogen and oxygen atoms in total. The molecule has 0 saturated heterocycles. The Labute approximate surface area is 156 Å². The molecule has 6 heteroatoms. The second-order valence-electron chi connectivity index (χ2n) is 6.05. The number of amides is 1. The Bertz CT molecular complexity index is 819. The van der Waals surface area contributed by atoms with Gasteiger partial charge in [-0.05, 0) is 30.7 Å². The maximum absolute atomic E-state index is 12.6. The van der Waals surface area contributed by atoms with Crippen LogP contribution in [0.25, 0.3) is 0 Å². The van der Waals surface area contributed by atoms with Gasteiger partial charge in [0, 0.05) is 22.3 Å². The van der Waals surface area contributed by atoms with Crippen LogP contribution in [-0.2, 0) is 9.53 Å². The number of carbonyl (C=O) groups is 3. The molecule has 1 aliphatic rings. The molecule has 26 heavy (non-hydrogen) atoms. The number of hydrogen-bond acceptors (Lipinski definition) is 5. The van der Waals surface area contributed by atoms with E-state index < -0.39 is 5.97 Å². The molecule has 0 saturated carbocycles. The van der Waals surface area contributed by atoms with E-state index in [1.165, 1.54) is 24.3 Å². The molecule has 0 unspecified atom stereocenters. The minimum Gasteiger partial charge on any atom is -0.452 e. The van der Waals surface area contributed by atoms with Gasteiger partial charge < -0.3 is 9.64 Å². The van der Waals surface area contributed by atoms with Crippen LogP contribution in [-0.4, -0.2) is 36.6 Å². The number of hydrogen-bond donors (Lipinski definition) is 0. The number of aldehydes is 1. The highest BCUT2D eigenvalue weighted by Crippen LogP contribution is 2.37. The van der Waals surface area contributed by atoms with Gasteiger partial charge in [-0.2, -0.15) is 0 Å². The zero-order valence-corrected chi connectivity index (χ0v) is 15.2. The summed E-state index contributed by atoms with van der Waals surface area (Å²) in [6.45, 7) is 2.41. The van der Waals surface area contributed by atoms with E-state index >= 15 is 0 Å². The Kier molecular flexibility index (Phi) is 5.73. The first kappa shape index (κ1) is 18.2. The van der Waals surface area contributed by atoms with Gasteiger partial charge in [0.15, 0.2) is 6.61 Å². The van der Waals surface area contributed by atoms with Gasteiger partial charge in [-0.3, -0.25) is 9.59 Å². The first-order valence-electron chi connectivity index (χ1n) is 8.37. The number of thioether (sulfide) groups is 1. The fourth-order valence-corrected chi connectivity index (χ4v) is 3.85. The van der Waals surface area contributed by atoms with Gasteiger partial charge in [0.05, 0.1) is 11.3 Å². The minimum absolute atomic E-state index is 0.245. The van der Waals surface area contributed by atoms with Gasteiger partial charge in [-0.15, -0.1) is 11.8 Å². The molecule has 0 N–H and O–H groups in total. The smallest absolute Gasteiger partial charge is 0.338 e. The zero-order valence-electron chi connectivity index (χ0n) is 14.4. The molecule has 0 aliphatic carbocycles. The van der Waals surface area contributed by atoms with E-state index in [1.807, 2.05) is 24.3 Å².